The Bertz CT molecular complexity index is 852. The zero-order chi connectivity index (χ0) is 20.7. The van der Waals surface area contributed by atoms with Gasteiger partial charge >= 0.3 is 12.4 Å². The Morgan fingerprint density at radius 1 is 1.11 bits per heavy atom. The number of hydrogen-bond acceptors (Lipinski definition) is 2. The maximum Gasteiger partial charge on any atom is 0.421 e. The first-order valence-corrected chi connectivity index (χ1v) is 8.04. The number of amides is 1. The Labute approximate surface area is 159 Å². The highest BCUT2D eigenvalue weighted by molar-refractivity contribution is 6.37. The second kappa shape index (κ2) is 7.23. The van der Waals surface area contributed by atoms with Gasteiger partial charge in [-0.3, -0.25) is 9.69 Å². The van der Waals surface area contributed by atoms with Crippen LogP contribution in [0.25, 0.3) is 5.69 Å². The second-order valence-electron chi connectivity index (χ2n) is 5.36. The lowest BCUT2D eigenvalue weighted by Crippen LogP contribution is -2.30. The van der Waals surface area contributed by atoms with Gasteiger partial charge in [-0.05, 0) is 19.1 Å². The molecular weight excluding hydrogens is 423 g/mol. The Morgan fingerprint density at radius 2 is 1.63 bits per heavy atom. The van der Waals surface area contributed by atoms with Crippen molar-refractivity contribution in [1.29, 1.82) is 0 Å². The first-order valence-electron chi connectivity index (χ1n) is 7.29. The molecule has 4 nitrogen and oxygen atoms in total. The number of anilines is 1. The highest BCUT2D eigenvalue weighted by atomic mass is 35.5. The van der Waals surface area contributed by atoms with E-state index in [0.717, 1.165) is 11.8 Å². The van der Waals surface area contributed by atoms with Gasteiger partial charge in [-0.2, -0.15) is 26.3 Å². The van der Waals surface area contributed by atoms with E-state index >= 15 is 0 Å². The van der Waals surface area contributed by atoms with E-state index in [-0.39, 0.29) is 12.2 Å². The van der Waals surface area contributed by atoms with Gasteiger partial charge < -0.3 is 0 Å². The number of alkyl halides is 6. The number of carbonyl (C=O) groups is 1. The van der Waals surface area contributed by atoms with E-state index in [0.29, 0.717) is 23.0 Å². The van der Waals surface area contributed by atoms with Crippen LogP contribution >= 0.6 is 23.2 Å². The van der Waals surface area contributed by atoms with Crippen LogP contribution in [0, 0.1) is 0 Å². The third-order valence-corrected chi connectivity index (χ3v) is 4.10. The maximum atomic E-state index is 13.4. The van der Waals surface area contributed by atoms with Crippen LogP contribution in [0.4, 0.5) is 32.2 Å². The molecule has 1 aromatic carbocycles. The van der Waals surface area contributed by atoms with Crippen molar-refractivity contribution < 1.29 is 31.1 Å². The van der Waals surface area contributed by atoms with E-state index in [1.54, 1.807) is 0 Å². The molecule has 12 heteroatoms. The van der Waals surface area contributed by atoms with E-state index < -0.39 is 45.2 Å². The minimum atomic E-state index is -4.87. The molecule has 1 amide bonds. The lowest BCUT2D eigenvalue weighted by atomic mass is 10.2. The predicted octanol–water partition coefficient (Wildman–Crippen LogP) is 5.59. The van der Waals surface area contributed by atoms with E-state index in [2.05, 4.69) is 5.10 Å². The summed E-state index contributed by atoms with van der Waals surface area (Å²) in [5.74, 6) is -1.40. The number of nitrogens with zero attached hydrogens (tertiary/aromatic N) is 3. The average molecular weight is 434 g/mol. The molecular formula is C15H11Cl2F6N3O. The third kappa shape index (κ3) is 4.32. The molecule has 148 valence electrons. The minimum absolute atomic E-state index is 0.107. The van der Waals surface area contributed by atoms with Crippen molar-refractivity contribution in [2.75, 3.05) is 11.4 Å². The van der Waals surface area contributed by atoms with E-state index in [4.69, 9.17) is 23.2 Å². The van der Waals surface area contributed by atoms with Gasteiger partial charge in [0, 0.05) is 19.7 Å². The monoisotopic (exact) mass is 433 g/mol. The molecule has 0 atom stereocenters. The summed E-state index contributed by atoms with van der Waals surface area (Å²) in [6.45, 7) is 2.39. The molecule has 1 aromatic heterocycles. The summed E-state index contributed by atoms with van der Waals surface area (Å²) in [7, 11) is 0. The van der Waals surface area contributed by atoms with Crippen molar-refractivity contribution in [2.24, 2.45) is 0 Å². The summed E-state index contributed by atoms with van der Waals surface area (Å²) in [4.78, 5) is 12.4. The first kappa shape index (κ1) is 21.4. The molecule has 0 aliphatic rings. The average Bonchev–Trinajstić information content (AvgIpc) is 2.90. The smallest absolute Gasteiger partial charge is 0.295 e. The van der Waals surface area contributed by atoms with Gasteiger partial charge in [-0.1, -0.05) is 23.2 Å². The Kier molecular flexibility index (Phi) is 5.72. The van der Waals surface area contributed by atoms with Crippen molar-refractivity contribution in [3.63, 3.8) is 0 Å². The van der Waals surface area contributed by atoms with E-state index in [1.165, 1.54) is 6.92 Å². The number of hydrogen-bond donors (Lipinski definition) is 0. The fraction of sp³-hybridized carbons (Fsp3) is 0.333. The topological polar surface area (TPSA) is 38.1 Å². The molecule has 0 unspecified atom stereocenters. The summed E-state index contributed by atoms with van der Waals surface area (Å²) in [6, 6.07) is 1.06. The summed E-state index contributed by atoms with van der Waals surface area (Å²) in [5.41, 5.74) is -2.79. The van der Waals surface area contributed by atoms with Crippen molar-refractivity contribution >= 4 is 34.9 Å². The standard InChI is InChI=1S/C15H11Cl2F6N3O/c1-3-25(7(2)27)13-9(15(21,22)23)6-26(24-13)12-10(16)4-8(5-11(12)17)14(18,19)20/h4-6H,3H2,1-2H3. The molecule has 0 saturated carbocycles. The molecule has 0 spiro atoms. The second-order valence-corrected chi connectivity index (χ2v) is 6.17. The highest BCUT2D eigenvalue weighted by Crippen LogP contribution is 2.40. The van der Waals surface area contributed by atoms with Crippen LogP contribution in [-0.2, 0) is 17.1 Å². The molecule has 0 aliphatic carbocycles. The normalized spacial score (nSPS) is 12.4. The molecule has 1 heterocycles. The van der Waals surface area contributed by atoms with Crippen LogP contribution in [0.5, 0.6) is 0 Å². The molecule has 2 aromatic rings. The van der Waals surface area contributed by atoms with Gasteiger partial charge in [0.05, 0.1) is 15.6 Å². The maximum absolute atomic E-state index is 13.4. The zero-order valence-corrected chi connectivity index (χ0v) is 15.2. The van der Waals surface area contributed by atoms with Crippen LogP contribution in [0.1, 0.15) is 25.0 Å². The van der Waals surface area contributed by atoms with Crippen molar-refractivity contribution in [2.45, 2.75) is 26.2 Å². The van der Waals surface area contributed by atoms with E-state index in [1.807, 2.05) is 0 Å². The zero-order valence-electron chi connectivity index (χ0n) is 13.7. The Hall–Kier alpha value is -1.94. The molecule has 27 heavy (non-hydrogen) atoms. The van der Waals surface area contributed by atoms with Crippen LogP contribution in [0.3, 0.4) is 0 Å². The molecule has 0 aliphatic heterocycles. The van der Waals surface area contributed by atoms with Gasteiger partial charge in [-0.25, -0.2) is 4.68 Å². The highest BCUT2D eigenvalue weighted by Gasteiger charge is 2.39. The number of benzene rings is 1. The van der Waals surface area contributed by atoms with Gasteiger partial charge in [0.1, 0.15) is 11.3 Å². The molecule has 0 N–H and O–H groups in total. The Morgan fingerprint density at radius 3 is 2.00 bits per heavy atom. The summed E-state index contributed by atoms with van der Waals surface area (Å²) in [6.07, 6.45) is -9.10. The minimum Gasteiger partial charge on any atom is -0.295 e. The van der Waals surface area contributed by atoms with E-state index in [9.17, 15) is 31.1 Å². The molecule has 0 saturated heterocycles. The number of rotatable bonds is 3. The lowest BCUT2D eigenvalue weighted by Gasteiger charge is -2.18. The van der Waals surface area contributed by atoms with Crippen LogP contribution in [0.15, 0.2) is 18.3 Å². The summed E-state index contributed by atoms with van der Waals surface area (Å²) < 4.78 is 79.1. The summed E-state index contributed by atoms with van der Waals surface area (Å²) >= 11 is 11.6. The van der Waals surface area contributed by atoms with Gasteiger partial charge in [0.2, 0.25) is 5.91 Å². The van der Waals surface area contributed by atoms with Gasteiger partial charge in [0.15, 0.2) is 5.82 Å². The van der Waals surface area contributed by atoms with Crippen molar-refractivity contribution in [3.05, 3.63) is 39.5 Å². The third-order valence-electron chi connectivity index (χ3n) is 3.53. The van der Waals surface area contributed by atoms with Gasteiger partial charge in [-0.15, -0.1) is 5.10 Å². The number of aromatic nitrogens is 2. The molecule has 0 radical (unpaired) electrons. The van der Waals surface area contributed by atoms with Crippen LogP contribution in [0.2, 0.25) is 10.0 Å². The van der Waals surface area contributed by atoms with Crippen molar-refractivity contribution in [1.82, 2.24) is 9.78 Å². The van der Waals surface area contributed by atoms with Gasteiger partial charge in [0.25, 0.3) is 0 Å². The van der Waals surface area contributed by atoms with Crippen molar-refractivity contribution in [3.8, 4) is 5.69 Å². The quantitative estimate of drug-likeness (QED) is 0.591. The largest absolute Gasteiger partial charge is 0.421 e. The number of halogens is 8. The SMILES string of the molecule is CCN(C(C)=O)c1nn(-c2c(Cl)cc(C(F)(F)F)cc2Cl)cc1C(F)(F)F. The number of carbonyl (C=O) groups excluding carboxylic acids is 1. The lowest BCUT2D eigenvalue weighted by molar-refractivity contribution is -0.138. The van der Waals surface area contributed by atoms with Crippen LogP contribution < -0.4 is 4.90 Å². The fourth-order valence-electron chi connectivity index (χ4n) is 2.35. The first-order chi connectivity index (χ1) is 12.3. The fourth-order valence-corrected chi connectivity index (χ4v) is 3.01. The molecule has 0 fully saturated rings. The van der Waals surface area contributed by atoms with Crippen LogP contribution in [-0.4, -0.2) is 22.2 Å². The summed E-state index contributed by atoms with van der Waals surface area (Å²) in [5, 5.41) is 2.60. The Balaban J connectivity index is 2.71. The molecule has 2 rings (SSSR count). The predicted molar refractivity (Wildman–Crippen MR) is 87.3 cm³/mol. The molecule has 0 bridgehead atoms.